The van der Waals surface area contributed by atoms with Crippen LogP contribution in [0.5, 0.6) is 5.75 Å². The van der Waals surface area contributed by atoms with Crippen molar-refractivity contribution in [1.82, 2.24) is 14.6 Å². The molecule has 1 aliphatic heterocycles. The summed E-state index contributed by atoms with van der Waals surface area (Å²) >= 11 is 1.36. The van der Waals surface area contributed by atoms with Crippen LogP contribution in [-0.4, -0.2) is 61.6 Å². The number of carbonyl (C=O) groups is 1. The van der Waals surface area contributed by atoms with E-state index < -0.39 is 0 Å². The highest BCUT2D eigenvalue weighted by molar-refractivity contribution is 7.13. The van der Waals surface area contributed by atoms with Crippen LogP contribution in [0.1, 0.15) is 10.5 Å². The number of anilines is 1. The number of rotatable bonds is 7. The number of halogens is 2. The predicted octanol–water partition coefficient (Wildman–Crippen LogP) is 4.26. The minimum Gasteiger partial charge on any atom is -0.495 e. The number of piperazine rings is 1. The maximum atomic E-state index is 12.4. The smallest absolute Gasteiger partial charge is 0.271 e. The fraction of sp³-hybridized carbons (Fsp3) is 0.304. The van der Waals surface area contributed by atoms with Crippen molar-refractivity contribution in [1.29, 1.82) is 0 Å². The summed E-state index contributed by atoms with van der Waals surface area (Å²) < 4.78 is 10.8. The highest BCUT2D eigenvalue weighted by Crippen LogP contribution is 2.28. The van der Waals surface area contributed by atoms with E-state index in [2.05, 4.69) is 37.7 Å². The number of para-hydroxylation sites is 2. The van der Waals surface area contributed by atoms with E-state index in [1.165, 1.54) is 11.5 Å². The molecule has 0 saturated carbocycles. The van der Waals surface area contributed by atoms with Crippen molar-refractivity contribution >= 4 is 58.0 Å². The van der Waals surface area contributed by atoms with Crippen LogP contribution in [0.4, 0.5) is 5.69 Å². The summed E-state index contributed by atoms with van der Waals surface area (Å²) in [5.41, 5.74) is 1.67. The normalized spacial score (nSPS) is 14.1. The number of carbonyl (C=O) groups excluding carboxylic acids is 1. The lowest BCUT2D eigenvalue weighted by atomic mass is 10.2. The second kappa shape index (κ2) is 12.6. The third kappa shape index (κ3) is 6.13. The number of methoxy groups -OCH3 is 1. The van der Waals surface area contributed by atoms with Crippen LogP contribution in [0.2, 0.25) is 0 Å². The van der Waals surface area contributed by atoms with E-state index in [-0.39, 0.29) is 30.7 Å². The zero-order valence-corrected chi connectivity index (χ0v) is 20.3. The highest BCUT2D eigenvalue weighted by atomic mass is 35.5. The van der Waals surface area contributed by atoms with Crippen molar-refractivity contribution in [3.05, 3.63) is 66.4 Å². The molecule has 32 heavy (non-hydrogen) atoms. The van der Waals surface area contributed by atoms with Crippen molar-refractivity contribution < 1.29 is 9.53 Å². The number of benzene rings is 2. The summed E-state index contributed by atoms with van der Waals surface area (Å²) in [4.78, 5) is 17.2. The molecule has 2 heterocycles. The fourth-order valence-corrected chi connectivity index (χ4v) is 4.43. The second-order valence-electron chi connectivity index (χ2n) is 7.17. The van der Waals surface area contributed by atoms with Gasteiger partial charge in [-0.25, -0.2) is 0 Å². The Balaban J connectivity index is 0.00000181. The first-order valence-electron chi connectivity index (χ1n) is 10.1. The second-order valence-corrected chi connectivity index (χ2v) is 7.97. The molecule has 0 spiro atoms. The van der Waals surface area contributed by atoms with Gasteiger partial charge < -0.3 is 15.0 Å². The van der Waals surface area contributed by atoms with Crippen LogP contribution in [0.3, 0.4) is 0 Å². The highest BCUT2D eigenvalue weighted by Gasteiger charge is 2.18. The molecule has 0 radical (unpaired) electrons. The Bertz CT molecular complexity index is 1040. The molecule has 0 bridgehead atoms. The molecule has 4 rings (SSSR count). The van der Waals surface area contributed by atoms with E-state index >= 15 is 0 Å². The van der Waals surface area contributed by atoms with Gasteiger partial charge in [0.2, 0.25) is 0 Å². The lowest BCUT2D eigenvalue weighted by molar-refractivity contribution is 0.0956. The average Bonchev–Trinajstić information content (AvgIpc) is 3.23. The minimum atomic E-state index is -0.123. The summed E-state index contributed by atoms with van der Waals surface area (Å²) in [6.45, 7) is 5.34. The number of amides is 1. The summed E-state index contributed by atoms with van der Waals surface area (Å²) in [6.07, 6.45) is 4.14. The molecule has 6 nitrogen and oxygen atoms in total. The first-order chi connectivity index (χ1) is 14.8. The molecule has 1 fully saturated rings. The topological polar surface area (TPSA) is 57.7 Å². The first-order valence-corrected chi connectivity index (χ1v) is 10.9. The van der Waals surface area contributed by atoms with Crippen LogP contribution in [0.15, 0.2) is 60.7 Å². The molecular weight excluding hydrogens is 467 g/mol. The van der Waals surface area contributed by atoms with E-state index in [9.17, 15) is 4.79 Å². The molecule has 0 atom stereocenters. The third-order valence-corrected chi connectivity index (χ3v) is 6.13. The number of fused-ring (bicyclic) bond motifs is 1. The zero-order chi connectivity index (χ0) is 20.8. The molecule has 1 aromatic heterocycles. The van der Waals surface area contributed by atoms with Gasteiger partial charge in [-0.05, 0) is 29.7 Å². The predicted molar refractivity (Wildman–Crippen MR) is 137 cm³/mol. The molecule has 2 aromatic carbocycles. The molecule has 9 heteroatoms. The molecule has 1 N–H and O–H groups in total. The summed E-state index contributed by atoms with van der Waals surface area (Å²) in [7, 11) is 1.72. The Morgan fingerprint density at radius 1 is 1.06 bits per heavy atom. The van der Waals surface area contributed by atoms with E-state index in [0.29, 0.717) is 12.2 Å². The molecular formula is C23H28Cl2N4O2S. The van der Waals surface area contributed by atoms with Crippen molar-refractivity contribution in [2.45, 2.75) is 0 Å². The minimum absolute atomic E-state index is 0. The maximum absolute atomic E-state index is 12.4. The average molecular weight is 495 g/mol. The van der Waals surface area contributed by atoms with Crippen molar-refractivity contribution in [2.24, 2.45) is 0 Å². The molecule has 0 unspecified atom stereocenters. The molecule has 1 aliphatic rings. The van der Waals surface area contributed by atoms with Gasteiger partial charge in [0.05, 0.1) is 17.5 Å². The standard InChI is InChI=1S/C23H26N4O2S.2ClH/c1-29-20-10-4-3-9-19(20)27-16-14-26(15-17-27)13-7-6-12-24-23(28)22-18-8-2-5-11-21(18)30-25-22;;/h2-11H,12-17H2,1H3,(H,24,28);2*1H/b7-6-;;. The molecule has 0 aliphatic carbocycles. The van der Waals surface area contributed by atoms with Gasteiger partial charge in [-0.15, -0.1) is 24.8 Å². The van der Waals surface area contributed by atoms with Crippen LogP contribution in [-0.2, 0) is 0 Å². The Hall–Kier alpha value is -2.32. The summed E-state index contributed by atoms with van der Waals surface area (Å²) in [5, 5.41) is 3.85. The van der Waals surface area contributed by atoms with Gasteiger partial charge in [0, 0.05) is 44.7 Å². The van der Waals surface area contributed by atoms with Gasteiger partial charge in [-0.3, -0.25) is 9.69 Å². The molecule has 1 saturated heterocycles. The van der Waals surface area contributed by atoms with Gasteiger partial charge >= 0.3 is 0 Å². The van der Waals surface area contributed by atoms with Gasteiger partial charge in [-0.2, -0.15) is 4.37 Å². The van der Waals surface area contributed by atoms with E-state index in [1.807, 2.05) is 42.5 Å². The quantitative estimate of drug-likeness (QED) is 0.497. The Morgan fingerprint density at radius 3 is 2.56 bits per heavy atom. The van der Waals surface area contributed by atoms with E-state index in [1.54, 1.807) is 7.11 Å². The molecule has 1 amide bonds. The Kier molecular flexibility index (Phi) is 10.3. The van der Waals surface area contributed by atoms with Gasteiger partial charge in [0.15, 0.2) is 0 Å². The van der Waals surface area contributed by atoms with Crippen LogP contribution in [0.25, 0.3) is 10.1 Å². The lowest BCUT2D eigenvalue weighted by Gasteiger charge is -2.36. The first kappa shape index (κ1) is 25.9. The number of hydrogen-bond donors (Lipinski definition) is 1. The van der Waals surface area contributed by atoms with E-state index in [0.717, 1.165) is 54.2 Å². The number of aromatic nitrogens is 1. The summed E-state index contributed by atoms with van der Waals surface area (Å²) in [6, 6.07) is 16.0. The monoisotopic (exact) mass is 494 g/mol. The number of nitrogens with zero attached hydrogens (tertiary/aromatic N) is 3. The number of ether oxygens (including phenoxy) is 1. The van der Waals surface area contributed by atoms with Gasteiger partial charge in [-0.1, -0.05) is 42.5 Å². The van der Waals surface area contributed by atoms with Crippen LogP contribution < -0.4 is 15.0 Å². The lowest BCUT2D eigenvalue weighted by Crippen LogP contribution is -2.46. The largest absolute Gasteiger partial charge is 0.495 e. The van der Waals surface area contributed by atoms with Gasteiger partial charge in [0.1, 0.15) is 11.4 Å². The molecule has 3 aromatic rings. The van der Waals surface area contributed by atoms with Crippen molar-refractivity contribution in [2.75, 3.05) is 51.3 Å². The van der Waals surface area contributed by atoms with Crippen LogP contribution >= 0.6 is 36.3 Å². The Morgan fingerprint density at radius 2 is 1.78 bits per heavy atom. The fourth-order valence-electron chi connectivity index (χ4n) is 3.65. The molecule has 172 valence electrons. The Labute approximate surface area is 205 Å². The van der Waals surface area contributed by atoms with Gasteiger partial charge in [0.25, 0.3) is 5.91 Å². The summed E-state index contributed by atoms with van der Waals surface area (Å²) in [5.74, 6) is 0.803. The SMILES string of the molecule is COc1ccccc1N1CCN(C/C=C\CNC(=O)c2nsc3ccccc23)CC1.Cl.Cl. The van der Waals surface area contributed by atoms with Crippen molar-refractivity contribution in [3.8, 4) is 5.75 Å². The van der Waals surface area contributed by atoms with Crippen LogP contribution in [0, 0.1) is 0 Å². The maximum Gasteiger partial charge on any atom is 0.271 e. The van der Waals surface area contributed by atoms with Crippen molar-refractivity contribution in [3.63, 3.8) is 0 Å². The third-order valence-electron chi connectivity index (χ3n) is 5.30. The zero-order valence-electron chi connectivity index (χ0n) is 17.9. The number of nitrogens with one attached hydrogen (secondary N) is 1. The number of hydrogen-bond acceptors (Lipinski definition) is 6. The van der Waals surface area contributed by atoms with E-state index in [4.69, 9.17) is 4.74 Å².